The standard InChI is InChI=1S/C14H12N2O/c1-17-14-9-13(11-5-3-2-4-6-11)12(7-8-15)10-16-14/h2-6,9-10H,7H2,1H3. The zero-order valence-electron chi connectivity index (χ0n) is 9.55. The molecular formula is C14H12N2O. The van der Waals surface area contributed by atoms with Crippen LogP contribution in [0.1, 0.15) is 5.56 Å². The molecule has 2 aromatic rings. The molecule has 0 unspecified atom stereocenters. The van der Waals surface area contributed by atoms with Crippen molar-refractivity contribution in [1.82, 2.24) is 4.98 Å². The average Bonchev–Trinajstić information content (AvgIpc) is 2.40. The molecule has 84 valence electrons. The molecule has 0 aliphatic carbocycles. The van der Waals surface area contributed by atoms with Crippen LogP contribution < -0.4 is 4.74 Å². The van der Waals surface area contributed by atoms with E-state index in [4.69, 9.17) is 10.00 Å². The minimum Gasteiger partial charge on any atom is -0.481 e. The summed E-state index contributed by atoms with van der Waals surface area (Å²) in [5, 5.41) is 8.81. The number of benzene rings is 1. The van der Waals surface area contributed by atoms with Gasteiger partial charge >= 0.3 is 0 Å². The molecule has 1 aromatic carbocycles. The second kappa shape index (κ2) is 5.13. The van der Waals surface area contributed by atoms with Crippen LogP contribution in [0.25, 0.3) is 11.1 Å². The van der Waals surface area contributed by atoms with Crippen molar-refractivity contribution < 1.29 is 4.74 Å². The molecule has 0 N–H and O–H groups in total. The molecule has 0 saturated heterocycles. The first-order valence-electron chi connectivity index (χ1n) is 5.30. The zero-order chi connectivity index (χ0) is 12.1. The maximum atomic E-state index is 8.81. The van der Waals surface area contributed by atoms with Crippen molar-refractivity contribution in [3.8, 4) is 23.1 Å². The van der Waals surface area contributed by atoms with E-state index in [0.29, 0.717) is 12.3 Å². The first-order valence-corrected chi connectivity index (χ1v) is 5.30. The molecule has 3 heteroatoms. The fourth-order valence-electron chi connectivity index (χ4n) is 1.69. The number of hydrogen-bond acceptors (Lipinski definition) is 3. The van der Waals surface area contributed by atoms with Crippen molar-refractivity contribution in [2.24, 2.45) is 0 Å². The molecule has 0 radical (unpaired) electrons. The van der Waals surface area contributed by atoms with Gasteiger partial charge in [-0.05, 0) is 16.7 Å². The summed E-state index contributed by atoms with van der Waals surface area (Å²) in [6.07, 6.45) is 2.05. The molecule has 0 atom stereocenters. The van der Waals surface area contributed by atoms with Crippen molar-refractivity contribution in [2.45, 2.75) is 6.42 Å². The van der Waals surface area contributed by atoms with Crippen LogP contribution in [-0.4, -0.2) is 12.1 Å². The lowest BCUT2D eigenvalue weighted by Gasteiger charge is -2.08. The van der Waals surface area contributed by atoms with Crippen LogP contribution in [-0.2, 0) is 6.42 Å². The van der Waals surface area contributed by atoms with Crippen molar-refractivity contribution in [3.63, 3.8) is 0 Å². The highest BCUT2D eigenvalue weighted by atomic mass is 16.5. The van der Waals surface area contributed by atoms with Crippen LogP contribution in [0.5, 0.6) is 5.88 Å². The van der Waals surface area contributed by atoms with Gasteiger partial charge in [-0.3, -0.25) is 0 Å². The van der Waals surface area contributed by atoms with Gasteiger partial charge in [-0.25, -0.2) is 4.98 Å². The molecule has 0 aliphatic heterocycles. The number of methoxy groups -OCH3 is 1. The smallest absolute Gasteiger partial charge is 0.213 e. The molecule has 0 aliphatic rings. The van der Waals surface area contributed by atoms with Gasteiger partial charge in [0.25, 0.3) is 0 Å². The van der Waals surface area contributed by atoms with Crippen LogP contribution in [0.3, 0.4) is 0 Å². The monoisotopic (exact) mass is 224 g/mol. The summed E-state index contributed by atoms with van der Waals surface area (Å²) in [5.41, 5.74) is 2.98. The fraction of sp³-hybridized carbons (Fsp3) is 0.143. The van der Waals surface area contributed by atoms with Crippen LogP contribution in [0.2, 0.25) is 0 Å². The molecule has 0 saturated carbocycles. The molecule has 1 heterocycles. The Morgan fingerprint density at radius 1 is 1.29 bits per heavy atom. The highest BCUT2D eigenvalue weighted by Crippen LogP contribution is 2.26. The highest BCUT2D eigenvalue weighted by Gasteiger charge is 2.07. The number of rotatable bonds is 3. The fourth-order valence-corrected chi connectivity index (χ4v) is 1.69. The molecule has 1 aromatic heterocycles. The normalized spacial score (nSPS) is 9.65. The number of ether oxygens (including phenoxy) is 1. The number of pyridine rings is 1. The van der Waals surface area contributed by atoms with E-state index in [1.165, 1.54) is 0 Å². The highest BCUT2D eigenvalue weighted by molar-refractivity contribution is 5.68. The molecule has 0 amide bonds. The summed E-state index contributed by atoms with van der Waals surface area (Å²) in [7, 11) is 1.58. The van der Waals surface area contributed by atoms with Gasteiger partial charge in [0.15, 0.2) is 0 Å². The van der Waals surface area contributed by atoms with E-state index >= 15 is 0 Å². The Labute approximate surface area is 100 Å². The van der Waals surface area contributed by atoms with E-state index in [9.17, 15) is 0 Å². The van der Waals surface area contributed by atoms with Gasteiger partial charge in [0.2, 0.25) is 5.88 Å². The van der Waals surface area contributed by atoms with Crippen LogP contribution in [0.15, 0.2) is 42.6 Å². The number of nitriles is 1. The Morgan fingerprint density at radius 3 is 2.71 bits per heavy atom. The van der Waals surface area contributed by atoms with Gasteiger partial charge in [0, 0.05) is 12.3 Å². The molecular weight excluding hydrogens is 212 g/mol. The summed E-state index contributed by atoms with van der Waals surface area (Å²) in [6, 6.07) is 13.9. The molecule has 0 spiro atoms. The van der Waals surface area contributed by atoms with E-state index < -0.39 is 0 Å². The van der Waals surface area contributed by atoms with E-state index in [0.717, 1.165) is 16.7 Å². The second-order valence-electron chi connectivity index (χ2n) is 3.58. The summed E-state index contributed by atoms with van der Waals surface area (Å²) < 4.78 is 5.12. The maximum Gasteiger partial charge on any atom is 0.213 e. The molecule has 0 bridgehead atoms. The van der Waals surface area contributed by atoms with Gasteiger partial charge in [0.1, 0.15) is 0 Å². The second-order valence-corrected chi connectivity index (χ2v) is 3.58. The van der Waals surface area contributed by atoms with Crippen molar-refractivity contribution >= 4 is 0 Å². The maximum absolute atomic E-state index is 8.81. The lowest BCUT2D eigenvalue weighted by molar-refractivity contribution is 0.398. The van der Waals surface area contributed by atoms with Crippen molar-refractivity contribution in [2.75, 3.05) is 7.11 Å². The Kier molecular flexibility index (Phi) is 3.37. The predicted octanol–water partition coefficient (Wildman–Crippen LogP) is 2.82. The summed E-state index contributed by atoms with van der Waals surface area (Å²) in [5.74, 6) is 0.561. The van der Waals surface area contributed by atoms with Crippen LogP contribution in [0, 0.1) is 11.3 Å². The Bertz CT molecular complexity index is 544. The summed E-state index contributed by atoms with van der Waals surface area (Å²) in [6.45, 7) is 0. The third-order valence-electron chi connectivity index (χ3n) is 2.52. The Morgan fingerprint density at radius 2 is 2.06 bits per heavy atom. The quantitative estimate of drug-likeness (QED) is 0.805. The lowest BCUT2D eigenvalue weighted by Crippen LogP contribution is -1.94. The Hall–Kier alpha value is -2.34. The van der Waals surface area contributed by atoms with Crippen molar-refractivity contribution in [3.05, 3.63) is 48.2 Å². The number of aromatic nitrogens is 1. The molecule has 17 heavy (non-hydrogen) atoms. The lowest BCUT2D eigenvalue weighted by atomic mass is 10.0. The number of nitrogens with zero attached hydrogens (tertiary/aromatic N) is 2. The van der Waals surface area contributed by atoms with E-state index in [-0.39, 0.29) is 0 Å². The minimum atomic E-state index is 0.348. The van der Waals surface area contributed by atoms with Crippen LogP contribution >= 0.6 is 0 Å². The third-order valence-corrected chi connectivity index (χ3v) is 2.52. The topological polar surface area (TPSA) is 45.9 Å². The van der Waals surface area contributed by atoms with Crippen molar-refractivity contribution in [1.29, 1.82) is 5.26 Å². The number of hydrogen-bond donors (Lipinski definition) is 0. The summed E-state index contributed by atoms with van der Waals surface area (Å²) in [4.78, 5) is 4.13. The predicted molar refractivity (Wildman–Crippen MR) is 65.5 cm³/mol. The first kappa shape index (κ1) is 11.2. The van der Waals surface area contributed by atoms with Gasteiger partial charge in [-0.2, -0.15) is 5.26 Å². The first-order chi connectivity index (χ1) is 8.35. The molecule has 2 rings (SSSR count). The zero-order valence-corrected chi connectivity index (χ0v) is 9.55. The molecule has 3 nitrogen and oxygen atoms in total. The summed E-state index contributed by atoms with van der Waals surface area (Å²) >= 11 is 0. The molecule has 0 fully saturated rings. The minimum absolute atomic E-state index is 0.348. The van der Waals surface area contributed by atoms with Gasteiger partial charge in [0.05, 0.1) is 19.6 Å². The van der Waals surface area contributed by atoms with Gasteiger partial charge in [-0.15, -0.1) is 0 Å². The van der Waals surface area contributed by atoms with Gasteiger partial charge < -0.3 is 4.74 Å². The van der Waals surface area contributed by atoms with E-state index in [1.54, 1.807) is 13.3 Å². The largest absolute Gasteiger partial charge is 0.481 e. The van der Waals surface area contributed by atoms with E-state index in [1.807, 2.05) is 36.4 Å². The van der Waals surface area contributed by atoms with E-state index in [2.05, 4.69) is 11.1 Å². The average molecular weight is 224 g/mol. The van der Waals surface area contributed by atoms with Crippen LogP contribution in [0.4, 0.5) is 0 Å². The Balaban J connectivity index is 2.53. The third kappa shape index (κ3) is 2.43. The van der Waals surface area contributed by atoms with Gasteiger partial charge in [-0.1, -0.05) is 30.3 Å². The SMILES string of the molecule is COc1cc(-c2ccccc2)c(CC#N)cn1.